The van der Waals surface area contributed by atoms with Gasteiger partial charge in [-0.1, -0.05) is 30.3 Å². The fourth-order valence-corrected chi connectivity index (χ4v) is 2.63. The van der Waals surface area contributed by atoms with Crippen molar-refractivity contribution in [1.29, 1.82) is 0 Å². The molecule has 0 aliphatic heterocycles. The quantitative estimate of drug-likeness (QED) is 0.607. The second-order valence-corrected chi connectivity index (χ2v) is 4.58. The molecule has 0 fully saturated rings. The first-order valence-corrected chi connectivity index (χ1v) is 6.06. The summed E-state index contributed by atoms with van der Waals surface area (Å²) in [4.78, 5) is 9.43. The van der Waals surface area contributed by atoms with Crippen LogP contribution in [0.4, 0.5) is 0 Å². The van der Waals surface area contributed by atoms with Gasteiger partial charge in [-0.25, -0.2) is 9.97 Å². The molecular formula is C12H7ClN2S. The van der Waals surface area contributed by atoms with Crippen LogP contribution >= 0.6 is 22.9 Å². The fourth-order valence-electron chi connectivity index (χ4n) is 1.65. The monoisotopic (exact) mass is 246 g/mol. The zero-order valence-electron chi connectivity index (χ0n) is 8.22. The number of benzene rings is 1. The Morgan fingerprint density at radius 1 is 1.00 bits per heavy atom. The van der Waals surface area contributed by atoms with Crippen molar-refractivity contribution >= 4 is 33.2 Å². The molecule has 16 heavy (non-hydrogen) atoms. The summed E-state index contributed by atoms with van der Waals surface area (Å²) in [6.07, 6.45) is 0. The molecule has 0 saturated heterocycles. The van der Waals surface area contributed by atoms with Crippen LogP contribution in [0.2, 0.25) is 5.28 Å². The van der Waals surface area contributed by atoms with Crippen LogP contribution in [0.1, 0.15) is 0 Å². The van der Waals surface area contributed by atoms with Gasteiger partial charge in [0, 0.05) is 10.9 Å². The molecule has 1 aromatic carbocycles. The minimum absolute atomic E-state index is 0.300. The van der Waals surface area contributed by atoms with Crippen LogP contribution in [-0.2, 0) is 0 Å². The Morgan fingerprint density at radius 3 is 2.62 bits per heavy atom. The number of nitrogens with zero attached hydrogens (tertiary/aromatic N) is 2. The highest BCUT2D eigenvalue weighted by Gasteiger charge is 2.08. The molecule has 4 heteroatoms. The Morgan fingerprint density at radius 2 is 1.81 bits per heavy atom. The average molecular weight is 247 g/mol. The van der Waals surface area contributed by atoms with Crippen molar-refractivity contribution in [2.75, 3.05) is 0 Å². The maximum Gasteiger partial charge on any atom is 0.224 e. The lowest BCUT2D eigenvalue weighted by Crippen LogP contribution is -1.87. The number of thiophene rings is 1. The van der Waals surface area contributed by atoms with Crippen molar-refractivity contribution in [3.63, 3.8) is 0 Å². The zero-order valence-corrected chi connectivity index (χ0v) is 9.79. The number of halogens is 1. The van der Waals surface area contributed by atoms with E-state index in [1.54, 1.807) is 11.3 Å². The van der Waals surface area contributed by atoms with E-state index in [4.69, 9.17) is 11.6 Å². The number of rotatable bonds is 1. The molecule has 2 heterocycles. The summed E-state index contributed by atoms with van der Waals surface area (Å²) in [5, 5.41) is 3.36. The molecule has 2 nitrogen and oxygen atoms in total. The zero-order chi connectivity index (χ0) is 11.0. The molecule has 3 aromatic rings. The molecule has 0 aliphatic rings. The third-order valence-electron chi connectivity index (χ3n) is 2.34. The van der Waals surface area contributed by atoms with Gasteiger partial charge in [0.15, 0.2) is 0 Å². The van der Waals surface area contributed by atoms with E-state index >= 15 is 0 Å². The summed E-state index contributed by atoms with van der Waals surface area (Å²) >= 11 is 7.49. The Hall–Kier alpha value is -1.45. The van der Waals surface area contributed by atoms with Crippen LogP contribution in [0.25, 0.3) is 21.5 Å². The maximum absolute atomic E-state index is 5.92. The Balaban J connectivity index is 2.34. The van der Waals surface area contributed by atoms with Gasteiger partial charge < -0.3 is 0 Å². The number of hydrogen-bond donors (Lipinski definition) is 0. The second-order valence-electron chi connectivity index (χ2n) is 3.35. The van der Waals surface area contributed by atoms with E-state index in [9.17, 15) is 0 Å². The van der Waals surface area contributed by atoms with Crippen LogP contribution in [-0.4, -0.2) is 9.97 Å². The summed E-state index contributed by atoms with van der Waals surface area (Å²) < 4.78 is 0. The van der Waals surface area contributed by atoms with Crippen LogP contribution in [0.5, 0.6) is 0 Å². The average Bonchev–Trinajstić information content (AvgIpc) is 2.77. The van der Waals surface area contributed by atoms with Gasteiger partial charge in [0.2, 0.25) is 5.28 Å². The molecule has 0 amide bonds. The molecule has 0 bridgehead atoms. The van der Waals surface area contributed by atoms with Crippen LogP contribution in [0, 0.1) is 0 Å². The summed E-state index contributed by atoms with van der Waals surface area (Å²) in [7, 11) is 0. The van der Waals surface area contributed by atoms with Gasteiger partial charge in [-0.15, -0.1) is 11.3 Å². The van der Waals surface area contributed by atoms with Crippen LogP contribution < -0.4 is 0 Å². The van der Waals surface area contributed by atoms with E-state index in [1.165, 1.54) is 0 Å². The summed E-state index contributed by atoms with van der Waals surface area (Å²) in [5.41, 5.74) is 1.96. The van der Waals surface area contributed by atoms with E-state index < -0.39 is 0 Å². The number of hydrogen-bond acceptors (Lipinski definition) is 3. The van der Waals surface area contributed by atoms with Gasteiger partial charge in [0.1, 0.15) is 4.83 Å². The third-order valence-corrected chi connectivity index (χ3v) is 3.32. The van der Waals surface area contributed by atoms with Crippen molar-refractivity contribution in [1.82, 2.24) is 9.97 Å². The lowest BCUT2D eigenvalue weighted by Gasteiger charge is -2.02. The van der Waals surface area contributed by atoms with Crippen LogP contribution in [0.15, 0.2) is 41.8 Å². The Bertz CT molecular complexity index is 634. The lowest BCUT2D eigenvalue weighted by atomic mass is 10.1. The SMILES string of the molecule is Clc1nc(-c2ccccc2)c2ccsc2n1. The molecule has 2 aromatic heterocycles. The van der Waals surface area contributed by atoms with Crippen molar-refractivity contribution < 1.29 is 0 Å². The normalized spacial score (nSPS) is 10.8. The van der Waals surface area contributed by atoms with Crippen molar-refractivity contribution in [2.45, 2.75) is 0 Å². The molecule has 78 valence electrons. The van der Waals surface area contributed by atoms with Gasteiger partial charge >= 0.3 is 0 Å². The summed E-state index contributed by atoms with van der Waals surface area (Å²) in [6, 6.07) is 12.0. The van der Waals surface area contributed by atoms with E-state index in [0.29, 0.717) is 5.28 Å². The molecule has 3 rings (SSSR count). The first-order chi connectivity index (χ1) is 7.84. The van der Waals surface area contributed by atoms with E-state index in [2.05, 4.69) is 9.97 Å². The van der Waals surface area contributed by atoms with Crippen molar-refractivity contribution in [2.24, 2.45) is 0 Å². The standard InChI is InChI=1S/C12H7ClN2S/c13-12-14-10(8-4-2-1-3-5-8)9-6-7-16-11(9)15-12/h1-7H. The smallest absolute Gasteiger partial charge is 0.217 e. The van der Waals surface area contributed by atoms with Gasteiger partial charge in [0.05, 0.1) is 5.69 Å². The Kier molecular flexibility index (Phi) is 2.35. The molecule has 0 saturated carbocycles. The minimum atomic E-state index is 0.300. The predicted molar refractivity (Wildman–Crippen MR) is 67.9 cm³/mol. The minimum Gasteiger partial charge on any atom is -0.217 e. The lowest BCUT2D eigenvalue weighted by molar-refractivity contribution is 1.24. The molecule has 0 radical (unpaired) electrons. The van der Waals surface area contributed by atoms with Gasteiger partial charge in [-0.05, 0) is 23.0 Å². The van der Waals surface area contributed by atoms with E-state index in [1.807, 2.05) is 41.8 Å². The largest absolute Gasteiger partial charge is 0.224 e. The van der Waals surface area contributed by atoms with Crippen LogP contribution in [0.3, 0.4) is 0 Å². The van der Waals surface area contributed by atoms with Gasteiger partial charge in [0.25, 0.3) is 0 Å². The van der Waals surface area contributed by atoms with Crippen molar-refractivity contribution in [3.05, 3.63) is 47.1 Å². The topological polar surface area (TPSA) is 25.8 Å². The maximum atomic E-state index is 5.92. The molecule has 0 unspecified atom stereocenters. The fraction of sp³-hybridized carbons (Fsp3) is 0. The predicted octanol–water partition coefficient (Wildman–Crippen LogP) is 4.01. The number of aromatic nitrogens is 2. The van der Waals surface area contributed by atoms with Crippen molar-refractivity contribution in [3.8, 4) is 11.3 Å². The molecule has 0 spiro atoms. The molecule has 0 N–H and O–H groups in total. The first-order valence-electron chi connectivity index (χ1n) is 4.81. The Labute approximate surface area is 102 Å². The highest BCUT2D eigenvalue weighted by molar-refractivity contribution is 7.16. The summed E-state index contributed by atoms with van der Waals surface area (Å²) in [6.45, 7) is 0. The third kappa shape index (κ3) is 1.58. The highest BCUT2D eigenvalue weighted by atomic mass is 35.5. The molecular weight excluding hydrogens is 240 g/mol. The highest BCUT2D eigenvalue weighted by Crippen LogP contribution is 2.29. The van der Waals surface area contributed by atoms with E-state index in [-0.39, 0.29) is 0 Å². The first kappa shape index (κ1) is 9.75. The summed E-state index contributed by atoms with van der Waals surface area (Å²) in [5.74, 6) is 0. The van der Waals surface area contributed by atoms with Gasteiger partial charge in [-0.3, -0.25) is 0 Å². The molecule has 0 atom stereocenters. The van der Waals surface area contributed by atoms with E-state index in [0.717, 1.165) is 21.5 Å². The number of fused-ring (bicyclic) bond motifs is 1. The molecule has 0 aliphatic carbocycles. The van der Waals surface area contributed by atoms with Gasteiger partial charge in [-0.2, -0.15) is 0 Å². The second kappa shape index (κ2) is 3.85.